The van der Waals surface area contributed by atoms with Crippen LogP contribution >= 0.6 is 0 Å². The Morgan fingerprint density at radius 1 is 0.895 bits per heavy atom. The van der Waals surface area contributed by atoms with Gasteiger partial charge in [0.15, 0.2) is 5.78 Å². The molecule has 57 heavy (non-hydrogen) atoms. The SMILES string of the molecule is CCC(C)[C@H](CC(=O)[C@@]1(NC(=O)[C@@H](CC(=O)Cc2ccccc2F)C(C)CC)CCc2[nH]c3c(C(F)(F)F)cccc3c2C1)C(=O)Nc1ccc(O)c(C(=O)O)c1. The van der Waals surface area contributed by atoms with Crippen molar-refractivity contribution < 1.29 is 51.7 Å². The number of aromatic nitrogens is 1. The second-order valence-electron chi connectivity index (χ2n) is 15.2. The lowest BCUT2D eigenvalue weighted by Gasteiger charge is -2.39. The fourth-order valence-electron chi connectivity index (χ4n) is 7.71. The summed E-state index contributed by atoms with van der Waals surface area (Å²) < 4.78 is 56.8. The van der Waals surface area contributed by atoms with Gasteiger partial charge in [-0.15, -0.1) is 0 Å². The molecule has 0 spiro atoms. The first-order chi connectivity index (χ1) is 26.9. The molecule has 1 aromatic heterocycles. The number of Topliss-reactive ketones (excluding diaryl/α,β-unsaturated/α-hetero) is 2. The molecule has 10 nitrogen and oxygen atoms in total. The Kier molecular flexibility index (Phi) is 12.9. The number of carboxylic acid groups (broad SMARTS) is 1. The average molecular weight is 794 g/mol. The third kappa shape index (κ3) is 9.37. The molecule has 5 N–H and O–H groups in total. The lowest BCUT2D eigenvalue weighted by molar-refractivity contribution is -0.138. The number of carbonyl (C=O) groups excluding carboxylic acids is 4. The lowest BCUT2D eigenvalue weighted by atomic mass is 9.72. The zero-order chi connectivity index (χ0) is 41.8. The van der Waals surface area contributed by atoms with E-state index in [2.05, 4.69) is 15.6 Å². The Hall–Kier alpha value is -5.53. The average Bonchev–Trinajstić information content (AvgIpc) is 3.54. The molecular weight excluding hydrogens is 746 g/mol. The maximum Gasteiger partial charge on any atom is 0.418 e. The van der Waals surface area contributed by atoms with Crippen LogP contribution < -0.4 is 10.6 Å². The number of aromatic carboxylic acids is 1. The van der Waals surface area contributed by atoms with Gasteiger partial charge in [-0.25, -0.2) is 9.18 Å². The Labute approximate surface area is 327 Å². The zero-order valence-electron chi connectivity index (χ0n) is 32.2. The number of fused-ring (bicyclic) bond motifs is 3. The van der Waals surface area contributed by atoms with Crippen LogP contribution in [0.5, 0.6) is 5.75 Å². The van der Waals surface area contributed by atoms with Gasteiger partial charge in [0, 0.05) is 54.3 Å². The van der Waals surface area contributed by atoms with Crippen molar-refractivity contribution in [2.24, 2.45) is 23.7 Å². The van der Waals surface area contributed by atoms with Crippen LogP contribution in [-0.2, 0) is 44.6 Å². The van der Waals surface area contributed by atoms with Crippen LogP contribution in [0.15, 0.2) is 60.7 Å². The van der Waals surface area contributed by atoms with Crippen molar-refractivity contribution in [2.75, 3.05) is 5.32 Å². The summed E-state index contributed by atoms with van der Waals surface area (Å²) in [7, 11) is 0. The molecule has 1 heterocycles. The van der Waals surface area contributed by atoms with Gasteiger partial charge < -0.3 is 25.8 Å². The van der Waals surface area contributed by atoms with Gasteiger partial charge >= 0.3 is 12.1 Å². The number of ketones is 2. The molecule has 0 radical (unpaired) electrons. The van der Waals surface area contributed by atoms with Crippen LogP contribution in [0.2, 0.25) is 0 Å². The van der Waals surface area contributed by atoms with Crippen molar-refractivity contribution in [1.29, 1.82) is 0 Å². The molecule has 1 aliphatic carbocycles. The number of nitrogens with one attached hydrogen (secondary N) is 3. The zero-order valence-corrected chi connectivity index (χ0v) is 32.2. The van der Waals surface area contributed by atoms with Crippen LogP contribution in [0, 0.1) is 29.5 Å². The van der Waals surface area contributed by atoms with Crippen molar-refractivity contribution >= 4 is 45.9 Å². The maximum absolute atomic E-state index is 14.9. The molecule has 0 aliphatic heterocycles. The molecule has 5 rings (SSSR count). The van der Waals surface area contributed by atoms with E-state index >= 15 is 0 Å². The summed E-state index contributed by atoms with van der Waals surface area (Å²) in [4.78, 5) is 71.1. The third-order valence-electron chi connectivity index (χ3n) is 11.5. The quantitative estimate of drug-likeness (QED) is 0.0564. The second kappa shape index (κ2) is 17.3. The van der Waals surface area contributed by atoms with Gasteiger partial charge in [0.2, 0.25) is 11.8 Å². The number of carboxylic acids is 1. The monoisotopic (exact) mass is 793 g/mol. The molecule has 4 aromatic rings. The van der Waals surface area contributed by atoms with Gasteiger partial charge in [0.25, 0.3) is 0 Å². The van der Waals surface area contributed by atoms with Gasteiger partial charge in [-0.2, -0.15) is 13.2 Å². The molecule has 0 saturated carbocycles. The Balaban J connectivity index is 1.52. The molecular formula is C43H47F4N3O7. The first-order valence-electron chi connectivity index (χ1n) is 19.1. The Morgan fingerprint density at radius 2 is 1.56 bits per heavy atom. The largest absolute Gasteiger partial charge is 0.507 e. The van der Waals surface area contributed by atoms with Crippen molar-refractivity contribution in [3.05, 3.63) is 94.4 Å². The highest BCUT2D eigenvalue weighted by Crippen LogP contribution is 2.41. The number of aromatic hydroxyl groups is 1. The minimum Gasteiger partial charge on any atom is -0.507 e. The summed E-state index contributed by atoms with van der Waals surface area (Å²) in [6.45, 7) is 7.21. The minimum absolute atomic E-state index is 0.0239. The van der Waals surface area contributed by atoms with Crippen molar-refractivity contribution in [1.82, 2.24) is 10.3 Å². The molecule has 2 unspecified atom stereocenters. The molecule has 14 heteroatoms. The number of anilines is 1. The maximum atomic E-state index is 14.9. The number of hydrogen-bond donors (Lipinski definition) is 5. The number of rotatable bonds is 16. The van der Waals surface area contributed by atoms with Crippen molar-refractivity contribution in [3.8, 4) is 5.75 Å². The molecule has 0 bridgehead atoms. The summed E-state index contributed by atoms with van der Waals surface area (Å²) in [5.74, 6) is -7.34. The normalized spacial score (nSPS) is 17.5. The van der Waals surface area contributed by atoms with E-state index in [1.54, 1.807) is 19.9 Å². The number of aryl methyl sites for hydroxylation is 1. The van der Waals surface area contributed by atoms with Gasteiger partial charge in [0.05, 0.1) is 11.1 Å². The van der Waals surface area contributed by atoms with Gasteiger partial charge in [0.1, 0.15) is 28.5 Å². The second-order valence-corrected chi connectivity index (χ2v) is 15.2. The van der Waals surface area contributed by atoms with Crippen LogP contribution in [-0.4, -0.2) is 50.1 Å². The standard InChI is InChI=1S/C43H47F4N3O7/c1-5-23(3)29(20-27(51)18-25-10-7-8-13-34(25)44)40(55)50-42(17-16-35-32(22-42)28-11-9-12-33(38(28)49-35)43(45,46)47)37(53)21-30(24(4)6-2)39(54)48-26-14-15-36(52)31(19-26)41(56)57/h7-15,19,23-24,29-30,49,52H,5-6,16-18,20-22H2,1-4H3,(H,48,54)(H,50,55)(H,56,57)/t23?,24?,29-,30-,42+/m0/s1. The van der Waals surface area contributed by atoms with Crippen molar-refractivity contribution in [3.63, 3.8) is 0 Å². The molecule has 5 atom stereocenters. The van der Waals surface area contributed by atoms with Gasteiger partial charge in [-0.05, 0) is 66.1 Å². The number of halogens is 4. The van der Waals surface area contributed by atoms with E-state index in [4.69, 9.17) is 0 Å². The van der Waals surface area contributed by atoms with E-state index in [-0.39, 0.29) is 60.2 Å². The van der Waals surface area contributed by atoms with E-state index in [0.29, 0.717) is 24.1 Å². The number of alkyl halides is 3. The number of benzene rings is 3. The molecule has 2 amide bonds. The highest BCUT2D eigenvalue weighted by molar-refractivity contribution is 6.02. The van der Waals surface area contributed by atoms with E-state index in [0.717, 1.165) is 18.2 Å². The van der Waals surface area contributed by atoms with Crippen LogP contribution in [0.4, 0.5) is 23.2 Å². The Morgan fingerprint density at radius 3 is 2.19 bits per heavy atom. The fraction of sp³-hybridized carbons (Fsp3) is 0.419. The summed E-state index contributed by atoms with van der Waals surface area (Å²) in [5, 5.41) is 25.3. The number of amides is 2. The third-order valence-corrected chi connectivity index (χ3v) is 11.5. The number of phenols is 1. The molecule has 1 aliphatic rings. The summed E-state index contributed by atoms with van der Waals surface area (Å²) >= 11 is 0. The molecule has 0 saturated heterocycles. The number of aromatic amines is 1. The first-order valence-corrected chi connectivity index (χ1v) is 19.1. The van der Waals surface area contributed by atoms with Gasteiger partial charge in [-0.1, -0.05) is 70.9 Å². The lowest BCUT2D eigenvalue weighted by Crippen LogP contribution is -2.60. The highest BCUT2D eigenvalue weighted by Gasteiger charge is 2.47. The van der Waals surface area contributed by atoms with Crippen LogP contribution in [0.25, 0.3) is 10.9 Å². The van der Waals surface area contributed by atoms with Crippen LogP contribution in [0.1, 0.15) is 92.5 Å². The first kappa shape index (κ1) is 42.6. The minimum atomic E-state index is -4.67. The molecule has 3 aromatic carbocycles. The van der Waals surface area contributed by atoms with E-state index in [9.17, 15) is 51.7 Å². The van der Waals surface area contributed by atoms with Crippen LogP contribution in [0.3, 0.4) is 0 Å². The Bertz CT molecular complexity index is 2180. The summed E-state index contributed by atoms with van der Waals surface area (Å²) in [5.41, 5.74) is -2.03. The predicted octanol–water partition coefficient (Wildman–Crippen LogP) is 8.20. The summed E-state index contributed by atoms with van der Waals surface area (Å²) in [6.07, 6.45) is -4.78. The number of H-pyrrole nitrogens is 1. The topological polar surface area (TPSA) is 166 Å². The summed E-state index contributed by atoms with van der Waals surface area (Å²) in [6, 6.07) is 13.1. The highest BCUT2D eigenvalue weighted by atomic mass is 19.4. The number of para-hydroxylation sites is 1. The van der Waals surface area contributed by atoms with Gasteiger partial charge in [-0.3, -0.25) is 19.2 Å². The van der Waals surface area contributed by atoms with E-state index in [1.807, 2.05) is 13.8 Å². The number of carbonyl (C=O) groups is 5. The smallest absolute Gasteiger partial charge is 0.418 e. The molecule has 304 valence electrons. The number of hydrogen-bond acceptors (Lipinski definition) is 6. The fourth-order valence-corrected chi connectivity index (χ4v) is 7.71. The van der Waals surface area contributed by atoms with Crippen molar-refractivity contribution in [2.45, 2.75) is 90.8 Å². The van der Waals surface area contributed by atoms with E-state index < -0.39 is 87.9 Å². The molecule has 0 fully saturated rings. The predicted molar refractivity (Wildman–Crippen MR) is 205 cm³/mol. The van der Waals surface area contributed by atoms with E-state index in [1.165, 1.54) is 36.4 Å².